The minimum atomic E-state index is -0.0262. The quantitative estimate of drug-likeness (QED) is 0.298. The van der Waals surface area contributed by atoms with E-state index >= 15 is 0 Å². The number of piperidine rings is 1. The molecule has 4 aromatic rings. The van der Waals surface area contributed by atoms with Crippen LogP contribution in [-0.2, 0) is 9.53 Å². The highest BCUT2D eigenvalue weighted by Gasteiger charge is 2.28. The van der Waals surface area contributed by atoms with Gasteiger partial charge in [0.2, 0.25) is 5.91 Å². The first-order valence-corrected chi connectivity index (χ1v) is 13.5. The molecule has 1 fully saturated rings. The number of hydrogen-bond donors (Lipinski definition) is 1. The normalized spacial score (nSPS) is 15.8. The summed E-state index contributed by atoms with van der Waals surface area (Å²) in [7, 11) is 3.69. The lowest BCUT2D eigenvalue weighted by Crippen LogP contribution is -2.40. The van der Waals surface area contributed by atoms with Gasteiger partial charge >= 0.3 is 0 Å². The first kappa shape index (κ1) is 27.3. The van der Waals surface area contributed by atoms with Gasteiger partial charge < -0.3 is 25.0 Å². The van der Waals surface area contributed by atoms with E-state index in [1.54, 1.807) is 13.2 Å². The molecule has 1 saturated heterocycles. The number of benzene rings is 2. The molecular weight excluding hydrogens is 506 g/mol. The van der Waals surface area contributed by atoms with Gasteiger partial charge in [-0.3, -0.25) is 4.79 Å². The molecule has 40 heavy (non-hydrogen) atoms. The zero-order valence-corrected chi connectivity index (χ0v) is 22.9. The number of hydrogen-bond acceptors (Lipinski definition) is 8. The van der Waals surface area contributed by atoms with Gasteiger partial charge in [0.05, 0.1) is 18.0 Å². The SMILES string of the molecule is COCCN(C)C/C=C/C(=O)N1CCC[C@@H](n2nc(-c3ccc(Oc4ccccc4)cc3)c3c(N)ncnc32)C1. The van der Waals surface area contributed by atoms with Gasteiger partial charge in [0.1, 0.15) is 29.3 Å². The topological polar surface area (TPSA) is 112 Å². The molecule has 2 aromatic carbocycles. The Kier molecular flexibility index (Phi) is 8.68. The summed E-state index contributed by atoms with van der Waals surface area (Å²) >= 11 is 0. The second-order valence-corrected chi connectivity index (χ2v) is 9.93. The molecule has 2 aromatic heterocycles. The summed E-state index contributed by atoms with van der Waals surface area (Å²) in [5.41, 5.74) is 8.60. The van der Waals surface area contributed by atoms with Crippen molar-refractivity contribution in [1.29, 1.82) is 0 Å². The van der Waals surface area contributed by atoms with E-state index in [1.807, 2.05) is 77.3 Å². The summed E-state index contributed by atoms with van der Waals surface area (Å²) in [6.45, 7) is 3.41. The van der Waals surface area contributed by atoms with Crippen LogP contribution in [0.5, 0.6) is 11.5 Å². The number of ether oxygens (including phenoxy) is 2. The van der Waals surface area contributed by atoms with Crippen molar-refractivity contribution in [2.75, 3.05) is 52.7 Å². The molecule has 1 aliphatic rings. The number of aromatic nitrogens is 4. The van der Waals surface area contributed by atoms with E-state index in [9.17, 15) is 4.79 Å². The summed E-state index contributed by atoms with van der Waals surface area (Å²) in [6, 6.07) is 17.4. The van der Waals surface area contributed by atoms with Crippen LogP contribution in [0.1, 0.15) is 18.9 Å². The Hall–Kier alpha value is -4.28. The Morgan fingerprint density at radius 2 is 1.90 bits per heavy atom. The highest BCUT2D eigenvalue weighted by atomic mass is 16.5. The lowest BCUT2D eigenvalue weighted by atomic mass is 10.1. The van der Waals surface area contributed by atoms with E-state index in [1.165, 1.54) is 6.33 Å². The summed E-state index contributed by atoms with van der Waals surface area (Å²) in [4.78, 5) is 25.8. The van der Waals surface area contributed by atoms with Crippen molar-refractivity contribution < 1.29 is 14.3 Å². The number of fused-ring (bicyclic) bond motifs is 1. The Morgan fingerprint density at radius 1 is 1.12 bits per heavy atom. The number of rotatable bonds is 10. The summed E-state index contributed by atoms with van der Waals surface area (Å²) in [5, 5.41) is 5.69. The minimum absolute atomic E-state index is 0.00433. The zero-order valence-electron chi connectivity index (χ0n) is 22.9. The molecule has 0 saturated carbocycles. The first-order valence-electron chi connectivity index (χ1n) is 13.5. The van der Waals surface area contributed by atoms with Crippen molar-refractivity contribution in [2.24, 2.45) is 0 Å². The fourth-order valence-corrected chi connectivity index (χ4v) is 4.89. The van der Waals surface area contributed by atoms with E-state index in [2.05, 4.69) is 14.9 Å². The number of nitrogens with zero attached hydrogens (tertiary/aromatic N) is 6. The summed E-state index contributed by atoms with van der Waals surface area (Å²) in [5.74, 6) is 1.87. The van der Waals surface area contributed by atoms with Crippen molar-refractivity contribution in [3.8, 4) is 22.8 Å². The number of likely N-dealkylation sites (N-methyl/N-ethyl adjacent to an activating group) is 1. The lowest BCUT2D eigenvalue weighted by Gasteiger charge is -2.32. The van der Waals surface area contributed by atoms with E-state index in [-0.39, 0.29) is 11.9 Å². The molecule has 3 heterocycles. The second-order valence-electron chi connectivity index (χ2n) is 9.93. The summed E-state index contributed by atoms with van der Waals surface area (Å²) < 4.78 is 13.0. The van der Waals surface area contributed by atoms with Crippen LogP contribution in [0.4, 0.5) is 5.82 Å². The molecule has 1 atom stereocenters. The Balaban J connectivity index is 1.35. The van der Waals surface area contributed by atoms with Gasteiger partial charge in [-0.25, -0.2) is 14.6 Å². The van der Waals surface area contributed by atoms with Crippen LogP contribution in [0, 0.1) is 0 Å². The summed E-state index contributed by atoms with van der Waals surface area (Å²) in [6.07, 6.45) is 6.79. The Labute approximate surface area is 234 Å². The number of carbonyl (C=O) groups is 1. The van der Waals surface area contributed by atoms with E-state index in [4.69, 9.17) is 20.3 Å². The van der Waals surface area contributed by atoms with Gasteiger partial charge in [-0.05, 0) is 56.3 Å². The average molecular weight is 542 g/mol. The predicted molar refractivity (Wildman–Crippen MR) is 155 cm³/mol. The maximum absolute atomic E-state index is 13.0. The van der Waals surface area contributed by atoms with Crippen LogP contribution >= 0.6 is 0 Å². The third-order valence-electron chi connectivity index (χ3n) is 7.03. The van der Waals surface area contributed by atoms with Gasteiger partial charge in [0, 0.05) is 44.9 Å². The molecule has 0 bridgehead atoms. The van der Waals surface area contributed by atoms with E-state index in [0.29, 0.717) is 48.8 Å². The van der Waals surface area contributed by atoms with E-state index in [0.717, 1.165) is 36.4 Å². The van der Waals surface area contributed by atoms with Crippen molar-refractivity contribution in [3.63, 3.8) is 0 Å². The van der Waals surface area contributed by atoms with Crippen molar-refractivity contribution in [1.82, 2.24) is 29.5 Å². The molecule has 0 radical (unpaired) electrons. The van der Waals surface area contributed by atoms with Crippen LogP contribution in [0.3, 0.4) is 0 Å². The maximum atomic E-state index is 13.0. The van der Waals surface area contributed by atoms with Crippen molar-refractivity contribution in [2.45, 2.75) is 18.9 Å². The number of anilines is 1. The highest BCUT2D eigenvalue weighted by Crippen LogP contribution is 2.34. The van der Waals surface area contributed by atoms with Crippen LogP contribution in [-0.4, -0.2) is 82.4 Å². The highest BCUT2D eigenvalue weighted by molar-refractivity contribution is 5.98. The molecule has 1 aliphatic heterocycles. The zero-order chi connectivity index (χ0) is 27.9. The van der Waals surface area contributed by atoms with Crippen LogP contribution in [0.15, 0.2) is 73.1 Å². The average Bonchev–Trinajstić information content (AvgIpc) is 3.38. The third-order valence-corrected chi connectivity index (χ3v) is 7.03. The smallest absolute Gasteiger partial charge is 0.246 e. The van der Waals surface area contributed by atoms with Gasteiger partial charge in [0.25, 0.3) is 0 Å². The number of likely N-dealkylation sites (tertiary alicyclic amines) is 1. The number of amides is 1. The van der Waals surface area contributed by atoms with Crippen LogP contribution in [0.2, 0.25) is 0 Å². The van der Waals surface area contributed by atoms with Crippen molar-refractivity contribution in [3.05, 3.63) is 73.1 Å². The number of para-hydroxylation sites is 1. The molecule has 2 N–H and O–H groups in total. The number of nitrogen functional groups attached to an aromatic ring is 1. The molecule has 0 unspecified atom stereocenters. The number of carbonyl (C=O) groups excluding carboxylic acids is 1. The van der Waals surface area contributed by atoms with Crippen molar-refractivity contribution >= 4 is 22.8 Å². The molecule has 10 nitrogen and oxygen atoms in total. The van der Waals surface area contributed by atoms with Gasteiger partial charge in [-0.1, -0.05) is 24.3 Å². The molecular formula is C30H35N7O3. The van der Waals surface area contributed by atoms with Crippen LogP contribution in [0.25, 0.3) is 22.3 Å². The third kappa shape index (κ3) is 6.30. The number of methoxy groups -OCH3 is 1. The fraction of sp³-hybridized carbons (Fsp3) is 0.333. The van der Waals surface area contributed by atoms with Gasteiger partial charge in [-0.2, -0.15) is 5.10 Å². The molecule has 0 aliphatic carbocycles. The molecule has 208 valence electrons. The van der Waals surface area contributed by atoms with Gasteiger partial charge in [0.15, 0.2) is 5.65 Å². The first-order chi connectivity index (χ1) is 19.5. The Bertz CT molecular complexity index is 1450. The molecule has 1 amide bonds. The standard InChI is InChI=1S/C30H35N7O3/c1-35(18-19-39-2)16-7-11-26(38)36-17-6-8-23(20-36)37-30-27(29(31)32-21-33-30)28(34-37)22-12-14-25(15-13-22)40-24-9-4-3-5-10-24/h3-5,7,9-15,21,23H,6,8,16-20H2,1-2H3,(H2,31,32,33)/b11-7+/t23-/m1/s1. The van der Waals surface area contributed by atoms with Gasteiger partial charge in [-0.15, -0.1) is 0 Å². The maximum Gasteiger partial charge on any atom is 0.246 e. The largest absolute Gasteiger partial charge is 0.457 e. The number of nitrogens with two attached hydrogens (primary N) is 1. The lowest BCUT2D eigenvalue weighted by molar-refractivity contribution is -0.127. The minimum Gasteiger partial charge on any atom is -0.457 e. The molecule has 5 rings (SSSR count). The Morgan fingerprint density at radius 3 is 2.67 bits per heavy atom. The van der Waals surface area contributed by atoms with E-state index < -0.39 is 0 Å². The monoisotopic (exact) mass is 541 g/mol. The molecule has 0 spiro atoms. The molecule has 10 heteroatoms. The van der Waals surface area contributed by atoms with Crippen LogP contribution < -0.4 is 10.5 Å². The second kappa shape index (κ2) is 12.7. The predicted octanol–water partition coefficient (Wildman–Crippen LogP) is 4.17. The fourth-order valence-electron chi connectivity index (χ4n) is 4.89.